The third-order valence-corrected chi connectivity index (χ3v) is 1.29. The van der Waals surface area contributed by atoms with Crippen LogP contribution in [-0.2, 0) is 0 Å². The van der Waals surface area contributed by atoms with Gasteiger partial charge in [0.05, 0.1) is 5.97 Å². The van der Waals surface area contributed by atoms with Gasteiger partial charge < -0.3 is 22.3 Å². The summed E-state index contributed by atoms with van der Waals surface area (Å²) in [5, 5.41) is 10.2. The molecular weight excluding hydrogens is 188 g/mol. The summed E-state index contributed by atoms with van der Waals surface area (Å²) in [6, 6.07) is 6.55. The smallest absolute Gasteiger partial charge is 1.00 e. The molecule has 0 amide bonds. The van der Waals surface area contributed by atoms with Gasteiger partial charge in [-0.15, -0.1) is 0 Å². The first kappa shape index (κ1) is 14.3. The Kier molecular flexibility index (Phi) is 7.48. The Labute approximate surface area is 93.5 Å². The van der Waals surface area contributed by atoms with E-state index in [1.54, 1.807) is 12.1 Å². The van der Waals surface area contributed by atoms with Gasteiger partial charge in [0.15, 0.2) is 0 Å². The van der Waals surface area contributed by atoms with Gasteiger partial charge in [0.25, 0.3) is 0 Å². The van der Waals surface area contributed by atoms with Crippen molar-refractivity contribution < 1.29 is 22.3 Å². The molecule has 0 spiro atoms. The van der Waals surface area contributed by atoms with Crippen molar-refractivity contribution >= 4 is 29.0 Å². The van der Waals surface area contributed by atoms with Gasteiger partial charge in [-0.2, -0.15) is 0 Å². The molecule has 0 aliphatic rings. The van der Waals surface area contributed by atoms with Gasteiger partial charge in [-0.3, -0.25) is 0 Å². The van der Waals surface area contributed by atoms with Gasteiger partial charge in [0.1, 0.15) is 0 Å². The number of hydrogen-bond acceptors (Lipinski definition) is 2. The number of carboxylic acid groups (broad SMARTS) is 1. The second-order valence-electron chi connectivity index (χ2n) is 2.15. The van der Waals surface area contributed by atoms with Gasteiger partial charge in [-0.1, -0.05) is 29.8 Å². The van der Waals surface area contributed by atoms with Crippen LogP contribution in [0.1, 0.15) is 15.9 Å². The number of carbonyl (C=O) groups is 1. The largest absolute Gasteiger partial charge is 2.00 e. The minimum Gasteiger partial charge on any atom is -1.00 e. The summed E-state index contributed by atoms with van der Waals surface area (Å²) in [5.41, 5.74) is 1.27. The molecule has 0 bridgehead atoms. The molecule has 1 aromatic carbocycles. The Morgan fingerprint density at radius 3 is 2.00 bits per heavy atom. The number of carbonyl (C=O) groups excluding carboxylic acids is 1. The van der Waals surface area contributed by atoms with Gasteiger partial charge >= 0.3 is 23.1 Å². The predicted molar refractivity (Wildman–Crippen MR) is 41.3 cm³/mol. The fourth-order valence-corrected chi connectivity index (χ4v) is 0.690. The number of aryl methyl sites for hydroxylation is 1. The minimum atomic E-state index is -1.12. The summed E-state index contributed by atoms with van der Waals surface area (Å²) in [7, 11) is 0. The third kappa shape index (κ3) is 3.95. The molecule has 12 heavy (non-hydrogen) atoms. The molecule has 0 aliphatic heterocycles. The van der Waals surface area contributed by atoms with Crippen molar-refractivity contribution in [3.05, 3.63) is 35.4 Å². The van der Waals surface area contributed by atoms with Gasteiger partial charge in [-0.25, -0.2) is 0 Å². The minimum absolute atomic E-state index is 0. The van der Waals surface area contributed by atoms with Crippen LogP contribution >= 0.6 is 0 Å². The van der Waals surface area contributed by atoms with Gasteiger partial charge in [0.2, 0.25) is 0 Å². The topological polar surface area (TPSA) is 40.1 Å². The van der Waals surface area contributed by atoms with E-state index in [9.17, 15) is 9.90 Å². The van der Waals surface area contributed by atoms with Gasteiger partial charge in [-0.05, 0) is 12.5 Å². The molecule has 0 unspecified atom stereocenters. The maximum absolute atomic E-state index is 10.2. The molecule has 0 aliphatic carbocycles. The zero-order valence-corrected chi connectivity index (χ0v) is 8.88. The molecular formula is C8H7ClMgO2. The molecule has 0 atom stereocenters. The second kappa shape index (κ2) is 6.28. The van der Waals surface area contributed by atoms with Crippen molar-refractivity contribution in [2.45, 2.75) is 6.92 Å². The summed E-state index contributed by atoms with van der Waals surface area (Å²) in [6.07, 6.45) is 0. The van der Waals surface area contributed by atoms with E-state index < -0.39 is 5.97 Å². The summed E-state index contributed by atoms with van der Waals surface area (Å²) in [4.78, 5) is 10.2. The third-order valence-electron chi connectivity index (χ3n) is 1.29. The number of carboxylic acids is 1. The van der Waals surface area contributed by atoms with E-state index in [0.717, 1.165) is 5.56 Å². The summed E-state index contributed by atoms with van der Waals surface area (Å²) >= 11 is 0. The Morgan fingerprint density at radius 2 is 1.67 bits per heavy atom. The van der Waals surface area contributed by atoms with Crippen LogP contribution in [0.15, 0.2) is 24.3 Å². The average molecular weight is 195 g/mol. The molecule has 60 valence electrons. The van der Waals surface area contributed by atoms with Crippen molar-refractivity contribution in [2.24, 2.45) is 0 Å². The molecule has 1 rings (SSSR count). The Balaban J connectivity index is 0. The standard InChI is InChI=1S/C8H8O2.ClH.Mg/c1-6-2-4-7(5-3-6)8(9)10;;/h2-5H,1H3,(H,9,10);1H;/q;;+2/p-2. The fourth-order valence-electron chi connectivity index (χ4n) is 0.690. The fraction of sp³-hybridized carbons (Fsp3) is 0.125. The number of aromatic carboxylic acids is 1. The normalized spacial score (nSPS) is 7.75. The van der Waals surface area contributed by atoms with Crippen LogP contribution in [0.5, 0.6) is 0 Å². The van der Waals surface area contributed by atoms with E-state index in [0.29, 0.717) is 0 Å². The quantitative estimate of drug-likeness (QED) is 0.447. The second-order valence-corrected chi connectivity index (χ2v) is 2.15. The van der Waals surface area contributed by atoms with Crippen LogP contribution in [0.3, 0.4) is 0 Å². The van der Waals surface area contributed by atoms with Crippen molar-refractivity contribution in [2.75, 3.05) is 0 Å². The molecule has 1 aromatic rings. The monoisotopic (exact) mass is 194 g/mol. The molecule has 2 nitrogen and oxygen atoms in total. The summed E-state index contributed by atoms with van der Waals surface area (Å²) < 4.78 is 0. The molecule has 4 heteroatoms. The molecule has 0 N–H and O–H groups in total. The Bertz CT molecular complexity index is 246. The SMILES string of the molecule is Cc1ccc(C(=O)[O-])cc1.[Cl-].[Mg+2]. The van der Waals surface area contributed by atoms with E-state index in [1.165, 1.54) is 12.1 Å². The number of hydrogen-bond donors (Lipinski definition) is 0. The van der Waals surface area contributed by atoms with E-state index in [4.69, 9.17) is 0 Å². The van der Waals surface area contributed by atoms with Crippen LogP contribution in [-0.4, -0.2) is 29.0 Å². The van der Waals surface area contributed by atoms with Crippen molar-refractivity contribution in [1.29, 1.82) is 0 Å². The number of halogens is 1. The van der Waals surface area contributed by atoms with Gasteiger partial charge in [0, 0.05) is 0 Å². The Hall–Kier alpha value is -0.254. The van der Waals surface area contributed by atoms with Crippen LogP contribution < -0.4 is 17.5 Å². The first-order valence-electron chi connectivity index (χ1n) is 2.98. The van der Waals surface area contributed by atoms with Crippen molar-refractivity contribution in [3.63, 3.8) is 0 Å². The molecule has 0 radical (unpaired) electrons. The maximum Gasteiger partial charge on any atom is 2.00 e. The van der Waals surface area contributed by atoms with Crippen molar-refractivity contribution in [3.8, 4) is 0 Å². The van der Waals surface area contributed by atoms with Crippen LogP contribution in [0.4, 0.5) is 0 Å². The number of benzene rings is 1. The summed E-state index contributed by atoms with van der Waals surface area (Å²) in [5.74, 6) is -1.12. The summed E-state index contributed by atoms with van der Waals surface area (Å²) in [6.45, 7) is 1.90. The van der Waals surface area contributed by atoms with E-state index in [2.05, 4.69) is 0 Å². The molecule has 0 fully saturated rings. The average Bonchev–Trinajstić information content (AvgIpc) is 1.88. The van der Waals surface area contributed by atoms with E-state index >= 15 is 0 Å². The molecule has 0 heterocycles. The predicted octanol–water partition coefficient (Wildman–Crippen LogP) is -3.02. The Morgan fingerprint density at radius 1 is 1.25 bits per heavy atom. The van der Waals surface area contributed by atoms with Crippen molar-refractivity contribution in [1.82, 2.24) is 0 Å². The molecule has 0 saturated carbocycles. The first-order valence-corrected chi connectivity index (χ1v) is 2.98. The zero-order valence-electron chi connectivity index (χ0n) is 6.71. The zero-order chi connectivity index (χ0) is 7.56. The van der Waals surface area contributed by atoms with Crippen LogP contribution in [0.25, 0.3) is 0 Å². The molecule has 0 aromatic heterocycles. The van der Waals surface area contributed by atoms with E-state index in [-0.39, 0.29) is 41.0 Å². The maximum atomic E-state index is 10.2. The first-order chi connectivity index (χ1) is 4.70. The van der Waals surface area contributed by atoms with Crippen LogP contribution in [0, 0.1) is 6.92 Å². The van der Waals surface area contributed by atoms with Crippen LogP contribution in [0.2, 0.25) is 0 Å². The molecule has 0 saturated heterocycles. The van der Waals surface area contributed by atoms with E-state index in [1.807, 2.05) is 6.92 Å². The number of rotatable bonds is 1.